The molecule has 0 bridgehead atoms. The van der Waals surface area contributed by atoms with Crippen LogP contribution in [0.1, 0.15) is 5.56 Å². The van der Waals surface area contributed by atoms with Gasteiger partial charge in [0.25, 0.3) is 0 Å². The molecule has 1 heterocycles. The fraction of sp³-hybridized carbons (Fsp3) is 0.167. The zero-order chi connectivity index (χ0) is 17.6. The molecule has 2 aromatic carbocycles. The molecule has 0 atom stereocenters. The number of phenols is 1. The van der Waals surface area contributed by atoms with Gasteiger partial charge in [-0.1, -0.05) is 23.7 Å². The van der Waals surface area contributed by atoms with E-state index in [0.717, 1.165) is 17.5 Å². The van der Waals surface area contributed by atoms with Gasteiger partial charge in [0.1, 0.15) is 5.75 Å². The fourth-order valence-corrected chi connectivity index (χ4v) is 2.36. The molecule has 1 aromatic heterocycles. The van der Waals surface area contributed by atoms with E-state index in [2.05, 4.69) is 20.3 Å². The largest absolute Gasteiger partial charge is 0.508 e. The second-order valence-corrected chi connectivity index (χ2v) is 5.76. The molecule has 2 N–H and O–H groups in total. The molecule has 0 amide bonds. The van der Waals surface area contributed by atoms with Crippen molar-refractivity contribution < 1.29 is 9.84 Å². The van der Waals surface area contributed by atoms with Crippen LogP contribution in [0.4, 0.5) is 5.95 Å². The Hall–Kier alpha value is -2.86. The predicted molar refractivity (Wildman–Crippen MR) is 97.1 cm³/mol. The van der Waals surface area contributed by atoms with Crippen LogP contribution in [0.3, 0.4) is 0 Å². The highest BCUT2D eigenvalue weighted by molar-refractivity contribution is 6.30. The van der Waals surface area contributed by atoms with Crippen LogP contribution in [0.25, 0.3) is 11.4 Å². The number of halogens is 1. The van der Waals surface area contributed by atoms with E-state index in [1.807, 2.05) is 24.3 Å². The summed E-state index contributed by atoms with van der Waals surface area (Å²) in [6.45, 7) is 0.637. The number of nitrogens with one attached hydrogen (secondary N) is 1. The van der Waals surface area contributed by atoms with Crippen LogP contribution in [0.5, 0.6) is 11.8 Å². The summed E-state index contributed by atoms with van der Waals surface area (Å²) in [6.07, 6.45) is 0.768. The van der Waals surface area contributed by atoms with Gasteiger partial charge in [0.2, 0.25) is 5.95 Å². The minimum Gasteiger partial charge on any atom is -0.508 e. The Balaban J connectivity index is 1.73. The molecule has 0 fully saturated rings. The van der Waals surface area contributed by atoms with Crippen LogP contribution >= 0.6 is 11.6 Å². The second-order valence-electron chi connectivity index (χ2n) is 5.32. The SMILES string of the molecule is COc1nc(NCCc2ccc(O)cc2)nc(-c2ccc(Cl)cc2)n1. The number of hydrogen-bond acceptors (Lipinski definition) is 6. The highest BCUT2D eigenvalue weighted by Crippen LogP contribution is 2.21. The van der Waals surface area contributed by atoms with E-state index in [9.17, 15) is 5.11 Å². The first-order valence-corrected chi connectivity index (χ1v) is 8.09. The van der Waals surface area contributed by atoms with Gasteiger partial charge in [-0.25, -0.2) is 0 Å². The standard InChI is InChI=1S/C18H17ClN4O2/c1-25-18-22-16(13-4-6-14(19)7-5-13)21-17(23-18)20-11-10-12-2-8-15(24)9-3-12/h2-9,24H,10-11H2,1H3,(H,20,21,22,23). The van der Waals surface area contributed by atoms with Crippen molar-refractivity contribution in [2.45, 2.75) is 6.42 Å². The maximum atomic E-state index is 9.31. The molecule has 0 saturated heterocycles. The highest BCUT2D eigenvalue weighted by Gasteiger charge is 2.09. The monoisotopic (exact) mass is 356 g/mol. The van der Waals surface area contributed by atoms with Crippen LogP contribution < -0.4 is 10.1 Å². The van der Waals surface area contributed by atoms with Crippen molar-refractivity contribution >= 4 is 17.5 Å². The number of methoxy groups -OCH3 is 1. The van der Waals surface area contributed by atoms with Gasteiger partial charge in [-0.2, -0.15) is 15.0 Å². The zero-order valence-electron chi connectivity index (χ0n) is 13.6. The Labute approximate surface area is 150 Å². The van der Waals surface area contributed by atoms with Crippen molar-refractivity contribution in [3.8, 4) is 23.1 Å². The van der Waals surface area contributed by atoms with Crippen molar-refractivity contribution in [2.24, 2.45) is 0 Å². The summed E-state index contributed by atoms with van der Waals surface area (Å²) in [6, 6.07) is 14.6. The fourth-order valence-electron chi connectivity index (χ4n) is 2.24. The number of anilines is 1. The van der Waals surface area contributed by atoms with Crippen LogP contribution in [-0.4, -0.2) is 33.7 Å². The minimum absolute atomic E-state index is 0.243. The first kappa shape index (κ1) is 17.0. The van der Waals surface area contributed by atoms with E-state index in [-0.39, 0.29) is 11.8 Å². The number of hydrogen-bond donors (Lipinski definition) is 2. The van der Waals surface area contributed by atoms with E-state index < -0.39 is 0 Å². The number of aromatic nitrogens is 3. The smallest absolute Gasteiger partial charge is 0.321 e. The third-order valence-corrected chi connectivity index (χ3v) is 3.78. The van der Waals surface area contributed by atoms with E-state index in [4.69, 9.17) is 16.3 Å². The number of benzene rings is 2. The van der Waals surface area contributed by atoms with Gasteiger partial charge in [0.05, 0.1) is 7.11 Å². The van der Waals surface area contributed by atoms with E-state index >= 15 is 0 Å². The number of nitrogens with zero attached hydrogens (tertiary/aromatic N) is 3. The van der Waals surface area contributed by atoms with Crippen molar-refractivity contribution in [2.75, 3.05) is 19.0 Å². The molecule has 0 unspecified atom stereocenters. The van der Waals surface area contributed by atoms with E-state index in [0.29, 0.717) is 23.3 Å². The molecule has 0 radical (unpaired) electrons. The summed E-state index contributed by atoms with van der Waals surface area (Å²) in [5.74, 6) is 1.21. The lowest BCUT2D eigenvalue weighted by Crippen LogP contribution is -2.10. The Morgan fingerprint density at radius 3 is 2.40 bits per heavy atom. The molecule has 0 aliphatic rings. The molecule has 6 nitrogen and oxygen atoms in total. The van der Waals surface area contributed by atoms with Gasteiger partial charge in [-0.3, -0.25) is 0 Å². The topological polar surface area (TPSA) is 80.2 Å². The van der Waals surface area contributed by atoms with Gasteiger partial charge < -0.3 is 15.2 Å². The quantitative estimate of drug-likeness (QED) is 0.703. The summed E-state index contributed by atoms with van der Waals surface area (Å²) >= 11 is 5.92. The first-order chi connectivity index (χ1) is 12.1. The Kier molecular flexibility index (Phi) is 5.30. The molecule has 25 heavy (non-hydrogen) atoms. The van der Waals surface area contributed by atoms with Crippen LogP contribution in [0, 0.1) is 0 Å². The Morgan fingerprint density at radius 1 is 1.00 bits per heavy atom. The number of rotatable bonds is 6. The maximum Gasteiger partial charge on any atom is 0.321 e. The summed E-state index contributed by atoms with van der Waals surface area (Å²) < 4.78 is 5.16. The van der Waals surface area contributed by atoms with Crippen molar-refractivity contribution in [3.05, 3.63) is 59.1 Å². The summed E-state index contributed by atoms with van der Waals surface area (Å²) in [5, 5.41) is 13.1. The average molecular weight is 357 g/mol. The van der Waals surface area contributed by atoms with Crippen molar-refractivity contribution in [3.63, 3.8) is 0 Å². The predicted octanol–water partition coefficient (Wildman–Crippen LogP) is 3.56. The molecule has 0 spiro atoms. The van der Waals surface area contributed by atoms with Crippen LogP contribution in [0.2, 0.25) is 5.02 Å². The molecular formula is C18H17ClN4O2. The third-order valence-electron chi connectivity index (χ3n) is 3.53. The molecule has 128 valence electrons. The number of ether oxygens (including phenoxy) is 1. The summed E-state index contributed by atoms with van der Waals surface area (Å²) in [5.41, 5.74) is 1.93. The first-order valence-electron chi connectivity index (χ1n) is 7.72. The van der Waals surface area contributed by atoms with Gasteiger partial charge in [0.15, 0.2) is 5.82 Å². The van der Waals surface area contributed by atoms with E-state index in [1.54, 1.807) is 24.3 Å². The lowest BCUT2D eigenvalue weighted by molar-refractivity contribution is 0.379. The Morgan fingerprint density at radius 2 is 1.72 bits per heavy atom. The number of aromatic hydroxyl groups is 1. The molecule has 7 heteroatoms. The van der Waals surface area contributed by atoms with Gasteiger partial charge in [0, 0.05) is 17.1 Å². The van der Waals surface area contributed by atoms with E-state index in [1.165, 1.54) is 7.11 Å². The molecule has 0 aliphatic carbocycles. The Bertz CT molecular complexity index is 839. The molecule has 0 aliphatic heterocycles. The third kappa shape index (κ3) is 4.58. The maximum absolute atomic E-state index is 9.31. The highest BCUT2D eigenvalue weighted by atomic mass is 35.5. The molecule has 3 rings (SSSR count). The van der Waals surface area contributed by atoms with Crippen molar-refractivity contribution in [1.29, 1.82) is 0 Å². The van der Waals surface area contributed by atoms with Gasteiger partial charge >= 0.3 is 6.01 Å². The lowest BCUT2D eigenvalue weighted by atomic mass is 10.1. The molecular weight excluding hydrogens is 340 g/mol. The second kappa shape index (κ2) is 7.81. The normalized spacial score (nSPS) is 10.5. The zero-order valence-corrected chi connectivity index (χ0v) is 14.4. The van der Waals surface area contributed by atoms with Gasteiger partial charge in [-0.05, 0) is 48.4 Å². The van der Waals surface area contributed by atoms with Crippen LogP contribution in [0.15, 0.2) is 48.5 Å². The molecule has 0 saturated carbocycles. The number of phenolic OH excluding ortho intramolecular Hbond substituents is 1. The average Bonchev–Trinajstić information content (AvgIpc) is 2.63. The summed E-state index contributed by atoms with van der Waals surface area (Å²) in [4.78, 5) is 12.9. The van der Waals surface area contributed by atoms with Gasteiger partial charge in [-0.15, -0.1) is 0 Å². The summed E-state index contributed by atoms with van der Waals surface area (Å²) in [7, 11) is 1.52. The minimum atomic E-state index is 0.243. The van der Waals surface area contributed by atoms with Crippen LogP contribution in [-0.2, 0) is 6.42 Å². The van der Waals surface area contributed by atoms with Crippen molar-refractivity contribution in [1.82, 2.24) is 15.0 Å². The lowest BCUT2D eigenvalue weighted by Gasteiger charge is -2.08. The molecule has 3 aromatic rings.